The van der Waals surface area contributed by atoms with Crippen LogP contribution in [0.2, 0.25) is 0 Å². The number of hydrogen-bond donors (Lipinski definition) is 1. The second kappa shape index (κ2) is 4.95. The molecule has 74 valence electrons. The van der Waals surface area contributed by atoms with Gasteiger partial charge in [-0.2, -0.15) is 0 Å². The third kappa shape index (κ3) is 2.27. The fourth-order valence-corrected chi connectivity index (χ4v) is 1.67. The van der Waals surface area contributed by atoms with Crippen molar-refractivity contribution in [2.75, 3.05) is 11.9 Å². The van der Waals surface area contributed by atoms with Crippen molar-refractivity contribution in [3.05, 3.63) is 17.9 Å². The molecule has 1 rings (SSSR count). The van der Waals surface area contributed by atoms with Gasteiger partial charge in [0.1, 0.15) is 0 Å². The molecule has 1 aromatic heterocycles. The third-order valence-electron chi connectivity index (χ3n) is 2.46. The van der Waals surface area contributed by atoms with Gasteiger partial charge < -0.3 is 9.73 Å². The summed E-state index contributed by atoms with van der Waals surface area (Å²) in [6, 6.07) is 2.08. The van der Waals surface area contributed by atoms with E-state index < -0.39 is 0 Å². The maximum atomic E-state index is 5.38. The van der Waals surface area contributed by atoms with E-state index >= 15 is 0 Å². The summed E-state index contributed by atoms with van der Waals surface area (Å²) in [7, 11) is 0. The van der Waals surface area contributed by atoms with Crippen molar-refractivity contribution in [3.8, 4) is 0 Å². The van der Waals surface area contributed by atoms with Crippen molar-refractivity contribution < 1.29 is 4.42 Å². The van der Waals surface area contributed by atoms with Crippen molar-refractivity contribution in [1.82, 2.24) is 0 Å². The minimum atomic E-state index is 0.632. The van der Waals surface area contributed by atoms with Crippen LogP contribution in [0, 0.1) is 0 Å². The number of rotatable bonds is 5. The first-order valence-electron chi connectivity index (χ1n) is 5.14. The molecular weight excluding hydrogens is 162 g/mol. The molecule has 0 aliphatic carbocycles. The lowest BCUT2D eigenvalue weighted by Gasteiger charge is -2.12. The van der Waals surface area contributed by atoms with Gasteiger partial charge in [-0.3, -0.25) is 0 Å². The van der Waals surface area contributed by atoms with Gasteiger partial charge in [-0.25, -0.2) is 0 Å². The van der Waals surface area contributed by atoms with E-state index in [-0.39, 0.29) is 0 Å². The Bertz CT molecular complexity index is 238. The van der Waals surface area contributed by atoms with Gasteiger partial charge in [0.25, 0.3) is 0 Å². The molecule has 13 heavy (non-hydrogen) atoms. The number of anilines is 1. The Labute approximate surface area is 80.3 Å². The highest BCUT2D eigenvalue weighted by molar-refractivity contribution is 5.43. The van der Waals surface area contributed by atoms with Crippen molar-refractivity contribution in [1.29, 1.82) is 0 Å². The quantitative estimate of drug-likeness (QED) is 0.750. The molecule has 2 nitrogen and oxygen atoms in total. The Morgan fingerprint density at radius 1 is 1.31 bits per heavy atom. The summed E-state index contributed by atoms with van der Waals surface area (Å²) in [6.45, 7) is 7.44. The highest BCUT2D eigenvalue weighted by atomic mass is 16.3. The van der Waals surface area contributed by atoms with E-state index in [0.717, 1.165) is 12.4 Å². The molecule has 0 bridgehead atoms. The van der Waals surface area contributed by atoms with Gasteiger partial charge in [-0.1, -0.05) is 13.8 Å². The summed E-state index contributed by atoms with van der Waals surface area (Å²) in [5.74, 6) is 1.59. The highest BCUT2D eigenvalue weighted by Crippen LogP contribution is 2.30. The molecule has 0 atom stereocenters. The lowest BCUT2D eigenvalue weighted by molar-refractivity contribution is 0.566. The first kappa shape index (κ1) is 10.2. The molecule has 0 aliphatic rings. The van der Waals surface area contributed by atoms with E-state index in [1.807, 2.05) is 0 Å². The lowest BCUT2D eigenvalue weighted by atomic mass is 9.96. The van der Waals surface area contributed by atoms with Gasteiger partial charge in [0.2, 0.25) is 0 Å². The Balaban J connectivity index is 2.78. The number of nitrogens with one attached hydrogen (secondary N) is 1. The van der Waals surface area contributed by atoms with E-state index in [2.05, 4.69) is 32.2 Å². The normalized spacial score (nSPS) is 10.8. The zero-order valence-electron chi connectivity index (χ0n) is 8.76. The number of hydrogen-bond acceptors (Lipinski definition) is 2. The van der Waals surface area contributed by atoms with Crippen LogP contribution < -0.4 is 5.32 Å². The van der Waals surface area contributed by atoms with Crippen LogP contribution in [-0.4, -0.2) is 6.54 Å². The smallest absolute Gasteiger partial charge is 0.196 e. The van der Waals surface area contributed by atoms with E-state index in [4.69, 9.17) is 4.42 Å². The molecule has 0 fully saturated rings. The van der Waals surface area contributed by atoms with Crippen LogP contribution in [0.1, 0.15) is 45.1 Å². The molecule has 0 saturated carbocycles. The first-order chi connectivity index (χ1) is 6.33. The van der Waals surface area contributed by atoms with Crippen LogP contribution in [0.4, 0.5) is 5.88 Å². The third-order valence-corrected chi connectivity index (χ3v) is 2.46. The summed E-state index contributed by atoms with van der Waals surface area (Å²) in [4.78, 5) is 0. The summed E-state index contributed by atoms with van der Waals surface area (Å²) in [5.41, 5.74) is 1.33. The molecule has 1 heterocycles. The molecule has 0 unspecified atom stereocenters. The van der Waals surface area contributed by atoms with Crippen LogP contribution in [-0.2, 0) is 0 Å². The average molecular weight is 181 g/mol. The molecule has 0 amide bonds. The summed E-state index contributed by atoms with van der Waals surface area (Å²) in [5, 5.41) is 3.24. The van der Waals surface area contributed by atoms with Gasteiger partial charge in [0.05, 0.1) is 6.26 Å². The summed E-state index contributed by atoms with van der Waals surface area (Å²) in [6.07, 6.45) is 4.12. The van der Waals surface area contributed by atoms with Crippen molar-refractivity contribution in [2.24, 2.45) is 0 Å². The van der Waals surface area contributed by atoms with Gasteiger partial charge in [-0.15, -0.1) is 0 Å². The minimum Gasteiger partial charge on any atom is -0.449 e. The number of furan rings is 1. The largest absolute Gasteiger partial charge is 0.449 e. The second-order valence-electron chi connectivity index (χ2n) is 3.25. The van der Waals surface area contributed by atoms with Crippen LogP contribution in [0.5, 0.6) is 0 Å². The fourth-order valence-electron chi connectivity index (χ4n) is 1.67. The van der Waals surface area contributed by atoms with Gasteiger partial charge >= 0.3 is 0 Å². The van der Waals surface area contributed by atoms with Crippen molar-refractivity contribution in [2.45, 2.75) is 39.5 Å². The predicted octanol–water partition coefficient (Wildman–Crippen LogP) is 3.62. The topological polar surface area (TPSA) is 25.2 Å². The van der Waals surface area contributed by atoms with Crippen LogP contribution in [0.25, 0.3) is 0 Å². The van der Waals surface area contributed by atoms with Crippen LogP contribution in [0.15, 0.2) is 16.7 Å². The van der Waals surface area contributed by atoms with E-state index in [9.17, 15) is 0 Å². The van der Waals surface area contributed by atoms with Gasteiger partial charge in [0.15, 0.2) is 5.88 Å². The molecule has 0 radical (unpaired) electrons. The Hall–Kier alpha value is -0.920. The van der Waals surface area contributed by atoms with Crippen LogP contribution in [0.3, 0.4) is 0 Å². The van der Waals surface area contributed by atoms with Crippen molar-refractivity contribution in [3.63, 3.8) is 0 Å². The lowest BCUT2D eigenvalue weighted by Crippen LogP contribution is -2.01. The molecule has 0 saturated heterocycles. The summed E-state index contributed by atoms with van der Waals surface area (Å²) >= 11 is 0. The second-order valence-corrected chi connectivity index (χ2v) is 3.25. The minimum absolute atomic E-state index is 0.632. The summed E-state index contributed by atoms with van der Waals surface area (Å²) < 4.78 is 5.38. The Kier molecular flexibility index (Phi) is 3.87. The maximum absolute atomic E-state index is 5.38. The highest BCUT2D eigenvalue weighted by Gasteiger charge is 2.13. The average Bonchev–Trinajstić information content (AvgIpc) is 2.57. The van der Waals surface area contributed by atoms with E-state index in [0.29, 0.717) is 5.92 Å². The van der Waals surface area contributed by atoms with Crippen molar-refractivity contribution >= 4 is 5.88 Å². The first-order valence-corrected chi connectivity index (χ1v) is 5.14. The molecule has 1 aromatic rings. The predicted molar refractivity (Wildman–Crippen MR) is 56.2 cm³/mol. The Morgan fingerprint density at radius 2 is 2.00 bits per heavy atom. The zero-order valence-corrected chi connectivity index (χ0v) is 8.76. The standard InChI is InChI=1S/C11H19NO/c1-4-9(5-2)10-7-8-13-11(10)12-6-3/h7-9,12H,4-6H2,1-3H3. The maximum Gasteiger partial charge on any atom is 0.196 e. The van der Waals surface area contributed by atoms with Gasteiger partial charge in [-0.05, 0) is 31.7 Å². The molecular formula is C11H19NO. The Morgan fingerprint density at radius 3 is 2.54 bits per heavy atom. The van der Waals surface area contributed by atoms with E-state index in [1.165, 1.54) is 18.4 Å². The molecule has 1 N–H and O–H groups in total. The molecule has 0 aliphatic heterocycles. The zero-order chi connectivity index (χ0) is 9.68. The van der Waals surface area contributed by atoms with Gasteiger partial charge in [0, 0.05) is 12.1 Å². The van der Waals surface area contributed by atoms with E-state index in [1.54, 1.807) is 6.26 Å². The van der Waals surface area contributed by atoms with Crippen LogP contribution >= 0.6 is 0 Å². The molecule has 2 heteroatoms. The fraction of sp³-hybridized carbons (Fsp3) is 0.636. The molecule has 0 aromatic carbocycles. The SMILES string of the molecule is CCNc1occc1C(CC)CC. The monoisotopic (exact) mass is 181 g/mol. The molecule has 0 spiro atoms.